The van der Waals surface area contributed by atoms with Crippen LogP contribution in [0.25, 0.3) is 27.6 Å². The summed E-state index contributed by atoms with van der Waals surface area (Å²) in [6, 6.07) is 11.6. The quantitative estimate of drug-likeness (QED) is 0.570. The summed E-state index contributed by atoms with van der Waals surface area (Å²) >= 11 is 0. The topological polar surface area (TPSA) is 71.3 Å². The van der Waals surface area contributed by atoms with Crippen LogP contribution in [0.5, 0.6) is 17.2 Å². The number of hydrogen-bond acceptors (Lipinski definition) is 6. The number of methoxy groups -OCH3 is 3. The predicted octanol–water partition coefficient (Wildman–Crippen LogP) is 2.99. The van der Waals surface area contributed by atoms with Gasteiger partial charge in [0.1, 0.15) is 11.0 Å². The number of aromatic nitrogens is 4. The Hall–Kier alpha value is -3.35. The third-order valence-corrected chi connectivity index (χ3v) is 4.08. The summed E-state index contributed by atoms with van der Waals surface area (Å²) in [5.74, 6) is 1.64. The van der Waals surface area contributed by atoms with Gasteiger partial charge in [-0.3, -0.25) is 4.98 Å². The minimum absolute atomic E-state index is 0.532. The fraction of sp³-hybridized carbons (Fsp3) is 0.167. The Balaban J connectivity index is 2.03. The fourth-order valence-electron chi connectivity index (χ4n) is 2.92. The molecule has 0 bridgehead atoms. The van der Waals surface area contributed by atoms with Gasteiger partial charge < -0.3 is 14.2 Å². The molecule has 0 spiro atoms. The predicted molar refractivity (Wildman–Crippen MR) is 93.8 cm³/mol. The van der Waals surface area contributed by atoms with Crippen LogP contribution in [0.2, 0.25) is 0 Å². The van der Waals surface area contributed by atoms with Crippen LogP contribution in [-0.2, 0) is 0 Å². The Morgan fingerprint density at radius 2 is 1.60 bits per heavy atom. The van der Waals surface area contributed by atoms with E-state index in [1.54, 1.807) is 32.2 Å². The SMILES string of the molecule is COc1cc(-n2nnc3cnc4ccccc4c32)cc(OC)c1OC. The molecule has 0 aliphatic heterocycles. The van der Waals surface area contributed by atoms with Gasteiger partial charge in [0.05, 0.1) is 38.7 Å². The average molecular weight is 336 g/mol. The number of fused-ring (bicyclic) bond motifs is 3. The first-order valence-electron chi connectivity index (χ1n) is 7.66. The standard InChI is InChI=1S/C18H16N4O3/c1-23-15-8-11(9-16(24-2)18(15)25-3)22-17-12-6-4-5-7-13(12)19-10-14(17)20-21-22/h4-10H,1-3H3. The van der Waals surface area contributed by atoms with Gasteiger partial charge in [0.2, 0.25) is 5.75 Å². The average Bonchev–Trinajstić information content (AvgIpc) is 3.11. The molecule has 4 rings (SSSR count). The third-order valence-electron chi connectivity index (χ3n) is 4.08. The fourth-order valence-corrected chi connectivity index (χ4v) is 2.92. The molecule has 0 unspecified atom stereocenters. The van der Waals surface area contributed by atoms with Crippen molar-refractivity contribution in [3.63, 3.8) is 0 Å². The first-order valence-corrected chi connectivity index (χ1v) is 7.66. The molecule has 7 nitrogen and oxygen atoms in total. The molecule has 0 saturated heterocycles. The van der Waals surface area contributed by atoms with Crippen LogP contribution in [0.15, 0.2) is 42.6 Å². The number of para-hydroxylation sites is 1. The second-order valence-electron chi connectivity index (χ2n) is 5.39. The highest BCUT2D eigenvalue weighted by atomic mass is 16.5. The van der Waals surface area contributed by atoms with Gasteiger partial charge in [-0.25, -0.2) is 4.68 Å². The monoisotopic (exact) mass is 336 g/mol. The summed E-state index contributed by atoms with van der Waals surface area (Å²) in [7, 11) is 4.74. The molecule has 2 aromatic heterocycles. The van der Waals surface area contributed by atoms with Crippen molar-refractivity contribution in [3.05, 3.63) is 42.6 Å². The van der Waals surface area contributed by atoms with Crippen LogP contribution >= 0.6 is 0 Å². The summed E-state index contributed by atoms with van der Waals surface area (Å²) in [4.78, 5) is 4.43. The van der Waals surface area contributed by atoms with Gasteiger partial charge in [0.25, 0.3) is 0 Å². The summed E-state index contributed by atoms with van der Waals surface area (Å²) in [5, 5.41) is 9.50. The maximum atomic E-state index is 5.44. The Bertz CT molecular complexity index is 1050. The van der Waals surface area contributed by atoms with E-state index in [-0.39, 0.29) is 0 Å². The van der Waals surface area contributed by atoms with E-state index >= 15 is 0 Å². The molecule has 0 fully saturated rings. The number of benzene rings is 2. The molecule has 25 heavy (non-hydrogen) atoms. The van der Waals surface area contributed by atoms with E-state index in [1.807, 2.05) is 36.4 Å². The molecule has 4 aromatic rings. The first kappa shape index (κ1) is 15.2. The second-order valence-corrected chi connectivity index (χ2v) is 5.39. The lowest BCUT2D eigenvalue weighted by Gasteiger charge is -2.14. The lowest BCUT2D eigenvalue weighted by molar-refractivity contribution is 0.324. The molecule has 2 aromatic carbocycles. The number of pyridine rings is 1. The molecule has 0 saturated carbocycles. The summed E-state index contributed by atoms with van der Waals surface area (Å²) in [6.07, 6.45) is 1.72. The van der Waals surface area contributed by atoms with Crippen LogP contribution in [0, 0.1) is 0 Å². The molecule has 0 aliphatic rings. The molecule has 126 valence electrons. The van der Waals surface area contributed by atoms with E-state index in [0.29, 0.717) is 22.8 Å². The van der Waals surface area contributed by atoms with Crippen molar-refractivity contribution in [2.75, 3.05) is 21.3 Å². The largest absolute Gasteiger partial charge is 0.493 e. The molecule has 0 amide bonds. The van der Waals surface area contributed by atoms with Crippen molar-refractivity contribution in [2.45, 2.75) is 0 Å². The number of hydrogen-bond donors (Lipinski definition) is 0. The zero-order valence-corrected chi connectivity index (χ0v) is 14.1. The zero-order valence-electron chi connectivity index (χ0n) is 14.1. The minimum Gasteiger partial charge on any atom is -0.493 e. The van der Waals surface area contributed by atoms with Gasteiger partial charge in [-0.05, 0) is 6.07 Å². The Labute approximate surface area is 143 Å². The Kier molecular flexibility index (Phi) is 3.61. The van der Waals surface area contributed by atoms with Crippen LogP contribution in [0.4, 0.5) is 0 Å². The molecular formula is C18H16N4O3. The van der Waals surface area contributed by atoms with Gasteiger partial charge in [-0.1, -0.05) is 23.4 Å². The van der Waals surface area contributed by atoms with Gasteiger partial charge in [0.15, 0.2) is 11.5 Å². The maximum absolute atomic E-state index is 5.44. The van der Waals surface area contributed by atoms with Crippen molar-refractivity contribution in [1.29, 1.82) is 0 Å². The van der Waals surface area contributed by atoms with Crippen molar-refractivity contribution >= 4 is 21.9 Å². The zero-order chi connectivity index (χ0) is 17.4. The van der Waals surface area contributed by atoms with Crippen LogP contribution < -0.4 is 14.2 Å². The second kappa shape index (κ2) is 5.94. The smallest absolute Gasteiger partial charge is 0.203 e. The van der Waals surface area contributed by atoms with E-state index in [2.05, 4.69) is 15.3 Å². The number of nitrogens with zero attached hydrogens (tertiary/aromatic N) is 4. The molecule has 2 heterocycles. The summed E-state index contributed by atoms with van der Waals surface area (Å²) < 4.78 is 18.0. The van der Waals surface area contributed by atoms with Crippen LogP contribution in [-0.4, -0.2) is 41.3 Å². The normalized spacial score (nSPS) is 11.0. The van der Waals surface area contributed by atoms with E-state index in [4.69, 9.17) is 14.2 Å². The van der Waals surface area contributed by atoms with E-state index in [1.165, 1.54) is 0 Å². The van der Waals surface area contributed by atoms with Gasteiger partial charge in [0, 0.05) is 17.5 Å². The van der Waals surface area contributed by atoms with Crippen molar-refractivity contribution in [3.8, 4) is 22.9 Å². The highest BCUT2D eigenvalue weighted by Crippen LogP contribution is 2.39. The molecule has 0 atom stereocenters. The lowest BCUT2D eigenvalue weighted by Crippen LogP contribution is -2.01. The molecule has 0 radical (unpaired) electrons. The van der Waals surface area contributed by atoms with Crippen molar-refractivity contribution in [1.82, 2.24) is 20.0 Å². The summed E-state index contributed by atoms with van der Waals surface area (Å²) in [5.41, 5.74) is 3.23. The molecule has 7 heteroatoms. The minimum atomic E-state index is 0.532. The highest BCUT2D eigenvalue weighted by molar-refractivity contribution is 6.02. The molecule has 0 aliphatic carbocycles. The Morgan fingerprint density at radius 1 is 0.880 bits per heavy atom. The molecule has 0 N–H and O–H groups in total. The Morgan fingerprint density at radius 3 is 2.28 bits per heavy atom. The van der Waals surface area contributed by atoms with Gasteiger partial charge in [-0.2, -0.15) is 0 Å². The van der Waals surface area contributed by atoms with E-state index in [9.17, 15) is 0 Å². The number of rotatable bonds is 4. The van der Waals surface area contributed by atoms with E-state index < -0.39 is 0 Å². The number of ether oxygens (including phenoxy) is 3. The molecular weight excluding hydrogens is 320 g/mol. The van der Waals surface area contributed by atoms with Gasteiger partial charge >= 0.3 is 0 Å². The summed E-state index contributed by atoms with van der Waals surface area (Å²) in [6.45, 7) is 0. The van der Waals surface area contributed by atoms with Crippen molar-refractivity contribution in [2.24, 2.45) is 0 Å². The highest BCUT2D eigenvalue weighted by Gasteiger charge is 2.17. The van der Waals surface area contributed by atoms with Crippen LogP contribution in [0.1, 0.15) is 0 Å². The van der Waals surface area contributed by atoms with Crippen LogP contribution in [0.3, 0.4) is 0 Å². The third kappa shape index (κ3) is 2.32. The van der Waals surface area contributed by atoms with Gasteiger partial charge in [-0.15, -0.1) is 5.10 Å². The van der Waals surface area contributed by atoms with E-state index in [0.717, 1.165) is 22.1 Å². The van der Waals surface area contributed by atoms with Crippen molar-refractivity contribution < 1.29 is 14.2 Å². The first-order chi connectivity index (χ1) is 12.3. The maximum Gasteiger partial charge on any atom is 0.203 e. The lowest BCUT2D eigenvalue weighted by atomic mass is 10.2.